The Hall–Kier alpha value is -2.46. The Kier molecular flexibility index (Phi) is 6.03. The first-order chi connectivity index (χ1) is 15.5. The lowest BCUT2D eigenvalue weighted by Crippen LogP contribution is -2.51. The van der Waals surface area contributed by atoms with E-state index < -0.39 is 31.9 Å². The summed E-state index contributed by atoms with van der Waals surface area (Å²) in [6.45, 7) is 2.63. The smallest absolute Gasteiger partial charge is 0.287 e. The Labute approximate surface area is 197 Å². The fraction of sp³-hybridized carbons (Fsp3) is 0.500. The lowest BCUT2D eigenvalue weighted by Gasteiger charge is -2.34. The number of carbonyl (C=O) groups is 2. The molecule has 1 N–H and O–H groups in total. The van der Waals surface area contributed by atoms with Crippen molar-refractivity contribution >= 4 is 33.3 Å². The molecule has 2 aromatic rings. The Bertz CT molecular complexity index is 1190. The molecular formula is C22H26ClFN4O4S. The van der Waals surface area contributed by atoms with Gasteiger partial charge in [-0.15, -0.1) is 0 Å². The standard InChI is InChI=1S/C22H26ClFN4O4S/c1-21(2,13-24)33(31,32)22(7-8-22)14-27-9-10-28-17(20(27)30)12-25-18(28)19(29)26-11-15-3-5-16(23)6-4-15/h3-6,12H,7-11,13-14H2,1-2H3,(H,26,29). The highest BCUT2D eigenvalue weighted by atomic mass is 35.5. The van der Waals surface area contributed by atoms with Crippen LogP contribution in [-0.2, 0) is 22.9 Å². The van der Waals surface area contributed by atoms with E-state index in [9.17, 15) is 22.4 Å². The van der Waals surface area contributed by atoms with Crippen LogP contribution in [-0.4, -0.2) is 63.9 Å². The van der Waals surface area contributed by atoms with Crippen LogP contribution < -0.4 is 5.32 Å². The molecule has 2 heterocycles. The summed E-state index contributed by atoms with van der Waals surface area (Å²) < 4.78 is 38.4. The molecule has 0 spiro atoms. The highest BCUT2D eigenvalue weighted by Gasteiger charge is 2.61. The van der Waals surface area contributed by atoms with E-state index in [1.807, 2.05) is 0 Å². The Morgan fingerprint density at radius 3 is 2.52 bits per heavy atom. The topological polar surface area (TPSA) is 101 Å². The van der Waals surface area contributed by atoms with Crippen LogP contribution in [0.5, 0.6) is 0 Å². The van der Waals surface area contributed by atoms with Crippen molar-refractivity contribution in [3.63, 3.8) is 0 Å². The van der Waals surface area contributed by atoms with Crippen LogP contribution in [0.1, 0.15) is 53.4 Å². The van der Waals surface area contributed by atoms with E-state index >= 15 is 0 Å². The van der Waals surface area contributed by atoms with Gasteiger partial charge in [0.1, 0.15) is 12.4 Å². The van der Waals surface area contributed by atoms with Crippen LogP contribution in [0.3, 0.4) is 0 Å². The van der Waals surface area contributed by atoms with Crippen LogP contribution in [0.2, 0.25) is 5.02 Å². The number of hydrogen-bond acceptors (Lipinski definition) is 5. The average molecular weight is 497 g/mol. The molecule has 1 aliphatic carbocycles. The predicted octanol–water partition coefficient (Wildman–Crippen LogP) is 2.62. The summed E-state index contributed by atoms with van der Waals surface area (Å²) in [4.78, 5) is 31.3. The highest BCUT2D eigenvalue weighted by molar-refractivity contribution is 7.94. The first-order valence-corrected chi connectivity index (χ1v) is 12.5. The molecule has 1 aliphatic heterocycles. The van der Waals surface area contributed by atoms with Crippen molar-refractivity contribution in [1.82, 2.24) is 19.8 Å². The molecule has 0 bridgehead atoms. The molecule has 11 heteroatoms. The van der Waals surface area contributed by atoms with Gasteiger partial charge in [0, 0.05) is 31.2 Å². The third-order valence-corrected chi connectivity index (χ3v) is 9.92. The third-order valence-electron chi connectivity index (χ3n) is 6.43. The number of halogens is 2. The number of alkyl halides is 1. The van der Waals surface area contributed by atoms with Gasteiger partial charge in [0.15, 0.2) is 15.7 Å². The Morgan fingerprint density at radius 1 is 1.24 bits per heavy atom. The van der Waals surface area contributed by atoms with E-state index in [0.717, 1.165) is 5.56 Å². The number of nitrogens with zero attached hydrogens (tertiary/aromatic N) is 3. The zero-order valence-electron chi connectivity index (χ0n) is 18.5. The summed E-state index contributed by atoms with van der Waals surface area (Å²) in [6, 6.07) is 7.07. The average Bonchev–Trinajstić information content (AvgIpc) is 3.45. The summed E-state index contributed by atoms with van der Waals surface area (Å²) >= 11 is 5.87. The minimum absolute atomic E-state index is 0.0148. The van der Waals surface area contributed by atoms with Crippen LogP contribution in [0.15, 0.2) is 30.5 Å². The molecule has 33 heavy (non-hydrogen) atoms. The number of nitrogens with one attached hydrogen (secondary N) is 1. The molecule has 2 aliphatic rings. The van der Waals surface area contributed by atoms with Gasteiger partial charge >= 0.3 is 0 Å². The van der Waals surface area contributed by atoms with Gasteiger partial charge in [-0.2, -0.15) is 0 Å². The van der Waals surface area contributed by atoms with E-state index in [4.69, 9.17) is 11.6 Å². The maximum Gasteiger partial charge on any atom is 0.287 e. The second-order valence-corrected chi connectivity index (χ2v) is 12.6. The van der Waals surface area contributed by atoms with Crippen molar-refractivity contribution in [2.24, 2.45) is 0 Å². The van der Waals surface area contributed by atoms with Gasteiger partial charge in [0.25, 0.3) is 11.8 Å². The number of imidazole rings is 1. The largest absolute Gasteiger partial charge is 0.345 e. The second kappa shape index (κ2) is 8.39. The molecule has 0 radical (unpaired) electrons. The van der Waals surface area contributed by atoms with Crippen LogP contribution in [0.4, 0.5) is 4.39 Å². The molecule has 4 rings (SSSR count). The minimum atomic E-state index is -3.79. The van der Waals surface area contributed by atoms with E-state index in [1.165, 1.54) is 24.9 Å². The maximum absolute atomic E-state index is 13.4. The maximum atomic E-state index is 13.4. The molecule has 8 nitrogen and oxygen atoms in total. The van der Waals surface area contributed by atoms with E-state index in [0.29, 0.717) is 24.4 Å². The SMILES string of the molecule is CC(C)(CF)S(=O)(=O)C1(CN2CCn3c(cnc3C(=O)NCc3ccc(Cl)cc3)C2=O)CC1. The number of carbonyl (C=O) groups excluding carboxylic acids is 2. The molecule has 1 fully saturated rings. The summed E-state index contributed by atoms with van der Waals surface area (Å²) in [7, 11) is -3.79. The molecule has 2 amide bonds. The Morgan fingerprint density at radius 2 is 1.91 bits per heavy atom. The van der Waals surface area contributed by atoms with Crippen LogP contribution in [0.25, 0.3) is 0 Å². The van der Waals surface area contributed by atoms with Gasteiger partial charge in [-0.05, 0) is 44.4 Å². The van der Waals surface area contributed by atoms with Gasteiger partial charge in [-0.25, -0.2) is 17.8 Å². The van der Waals surface area contributed by atoms with Crippen LogP contribution >= 0.6 is 11.6 Å². The number of amides is 2. The summed E-state index contributed by atoms with van der Waals surface area (Å²) in [5, 5.41) is 3.38. The number of aromatic nitrogens is 2. The van der Waals surface area contributed by atoms with Crippen molar-refractivity contribution < 1.29 is 22.4 Å². The zero-order valence-corrected chi connectivity index (χ0v) is 20.0. The van der Waals surface area contributed by atoms with Crippen molar-refractivity contribution in [1.29, 1.82) is 0 Å². The molecule has 0 unspecified atom stereocenters. The van der Waals surface area contributed by atoms with E-state index in [1.54, 1.807) is 28.8 Å². The fourth-order valence-corrected chi connectivity index (χ4v) is 6.52. The lowest BCUT2D eigenvalue weighted by atomic mass is 10.2. The number of fused-ring (bicyclic) bond motifs is 1. The van der Waals surface area contributed by atoms with Crippen molar-refractivity contribution in [2.45, 2.75) is 49.3 Å². The quantitative estimate of drug-likeness (QED) is 0.605. The molecule has 0 atom stereocenters. The zero-order chi connectivity index (χ0) is 24.0. The first kappa shape index (κ1) is 23.7. The highest BCUT2D eigenvalue weighted by Crippen LogP contribution is 2.49. The number of hydrogen-bond donors (Lipinski definition) is 1. The van der Waals surface area contributed by atoms with Gasteiger partial charge in [-0.3, -0.25) is 9.59 Å². The van der Waals surface area contributed by atoms with Crippen molar-refractivity contribution in [3.8, 4) is 0 Å². The normalized spacial score (nSPS) is 17.6. The first-order valence-electron chi connectivity index (χ1n) is 10.7. The Balaban J connectivity index is 1.46. The molecule has 178 valence electrons. The van der Waals surface area contributed by atoms with Gasteiger partial charge in [0.2, 0.25) is 0 Å². The van der Waals surface area contributed by atoms with Crippen molar-refractivity contribution in [3.05, 3.63) is 52.6 Å². The molecule has 0 saturated heterocycles. The third kappa shape index (κ3) is 4.14. The molecule has 1 saturated carbocycles. The number of benzene rings is 1. The number of sulfone groups is 1. The monoisotopic (exact) mass is 496 g/mol. The lowest BCUT2D eigenvalue weighted by molar-refractivity contribution is 0.0698. The number of rotatable bonds is 8. The summed E-state index contributed by atoms with van der Waals surface area (Å²) in [5.74, 6) is -0.673. The second-order valence-electron chi connectivity index (χ2n) is 9.23. The molecule has 1 aromatic carbocycles. The van der Waals surface area contributed by atoms with E-state index in [2.05, 4.69) is 10.3 Å². The van der Waals surface area contributed by atoms with E-state index in [-0.39, 0.29) is 37.1 Å². The molecule has 1 aromatic heterocycles. The fourth-order valence-electron chi connectivity index (χ4n) is 4.11. The van der Waals surface area contributed by atoms with Crippen LogP contribution in [0, 0.1) is 0 Å². The molecular weight excluding hydrogens is 471 g/mol. The summed E-state index contributed by atoms with van der Waals surface area (Å²) in [5.41, 5.74) is 1.10. The van der Waals surface area contributed by atoms with Gasteiger partial charge in [-0.1, -0.05) is 23.7 Å². The minimum Gasteiger partial charge on any atom is -0.345 e. The predicted molar refractivity (Wildman–Crippen MR) is 122 cm³/mol. The van der Waals surface area contributed by atoms with Gasteiger partial charge in [0.05, 0.1) is 15.7 Å². The van der Waals surface area contributed by atoms with Crippen molar-refractivity contribution in [2.75, 3.05) is 19.8 Å². The summed E-state index contributed by atoms with van der Waals surface area (Å²) in [6.07, 6.45) is 2.14. The van der Waals surface area contributed by atoms with Gasteiger partial charge < -0.3 is 14.8 Å².